The van der Waals surface area contributed by atoms with Gasteiger partial charge in [-0.15, -0.1) is 0 Å². The number of rotatable bonds is 4. The zero-order valence-corrected chi connectivity index (χ0v) is 10.7. The zero-order chi connectivity index (χ0) is 11.8. The predicted molar refractivity (Wildman–Crippen MR) is 68.6 cm³/mol. The first kappa shape index (κ1) is 11.9. The van der Waals surface area contributed by atoms with Gasteiger partial charge in [0, 0.05) is 23.1 Å². The Hall–Kier alpha value is -0.570. The topological polar surface area (TPSA) is 29.3 Å². The SMILES string of the molecule is CC(c1ccc(Cl)cc1)N(C)CC1(N)CC1. The number of nitrogens with two attached hydrogens (primary N) is 1. The number of likely N-dealkylation sites (N-methyl/N-ethyl adjacent to an activating group) is 1. The van der Waals surface area contributed by atoms with E-state index in [1.807, 2.05) is 12.1 Å². The summed E-state index contributed by atoms with van der Waals surface area (Å²) in [7, 11) is 2.13. The third kappa shape index (κ3) is 2.76. The maximum atomic E-state index is 6.12. The molecule has 88 valence electrons. The summed E-state index contributed by atoms with van der Waals surface area (Å²) in [6.45, 7) is 3.17. The lowest BCUT2D eigenvalue weighted by Gasteiger charge is -2.27. The van der Waals surface area contributed by atoms with Crippen LogP contribution in [0.3, 0.4) is 0 Å². The molecule has 0 aromatic heterocycles. The largest absolute Gasteiger partial charge is 0.324 e. The highest BCUT2D eigenvalue weighted by atomic mass is 35.5. The normalized spacial score (nSPS) is 19.8. The molecule has 2 nitrogen and oxygen atoms in total. The van der Waals surface area contributed by atoms with E-state index in [9.17, 15) is 0 Å². The van der Waals surface area contributed by atoms with Gasteiger partial charge in [0.15, 0.2) is 0 Å². The molecule has 2 N–H and O–H groups in total. The Balaban J connectivity index is 2.00. The van der Waals surface area contributed by atoms with Gasteiger partial charge in [-0.3, -0.25) is 4.90 Å². The fourth-order valence-corrected chi connectivity index (χ4v) is 2.07. The number of halogens is 1. The molecule has 1 saturated carbocycles. The lowest BCUT2D eigenvalue weighted by molar-refractivity contribution is 0.239. The van der Waals surface area contributed by atoms with E-state index in [1.54, 1.807) is 0 Å². The molecule has 0 saturated heterocycles. The van der Waals surface area contributed by atoms with Gasteiger partial charge in [0.1, 0.15) is 0 Å². The second kappa shape index (κ2) is 4.36. The highest BCUT2D eigenvalue weighted by molar-refractivity contribution is 6.30. The fourth-order valence-electron chi connectivity index (χ4n) is 1.95. The summed E-state index contributed by atoms with van der Waals surface area (Å²) < 4.78 is 0. The Bertz CT molecular complexity index is 357. The van der Waals surface area contributed by atoms with Crippen molar-refractivity contribution in [2.45, 2.75) is 31.3 Å². The van der Waals surface area contributed by atoms with Gasteiger partial charge in [0.25, 0.3) is 0 Å². The van der Waals surface area contributed by atoms with Crippen LogP contribution in [0.5, 0.6) is 0 Å². The monoisotopic (exact) mass is 238 g/mol. The van der Waals surface area contributed by atoms with Gasteiger partial charge in [0.2, 0.25) is 0 Å². The van der Waals surface area contributed by atoms with Crippen molar-refractivity contribution in [2.75, 3.05) is 13.6 Å². The summed E-state index contributed by atoms with van der Waals surface area (Å²) in [5, 5.41) is 0.788. The van der Waals surface area contributed by atoms with Gasteiger partial charge in [-0.05, 0) is 44.5 Å². The molecule has 1 aliphatic rings. The predicted octanol–water partition coefficient (Wildman–Crippen LogP) is 2.82. The molecule has 0 aliphatic heterocycles. The molecule has 1 aromatic carbocycles. The van der Waals surface area contributed by atoms with E-state index < -0.39 is 0 Å². The number of benzene rings is 1. The third-order valence-corrected chi connectivity index (χ3v) is 3.72. The summed E-state index contributed by atoms with van der Waals surface area (Å²) in [6, 6.07) is 8.44. The summed E-state index contributed by atoms with van der Waals surface area (Å²) in [4.78, 5) is 2.32. The highest BCUT2D eigenvalue weighted by Gasteiger charge is 2.39. The fraction of sp³-hybridized carbons (Fsp3) is 0.538. The zero-order valence-electron chi connectivity index (χ0n) is 9.91. The second-order valence-corrected chi connectivity index (χ2v) is 5.44. The van der Waals surface area contributed by atoms with E-state index in [2.05, 4.69) is 31.0 Å². The van der Waals surface area contributed by atoms with Crippen molar-refractivity contribution in [2.24, 2.45) is 5.73 Å². The minimum absolute atomic E-state index is 0.0788. The van der Waals surface area contributed by atoms with Crippen LogP contribution < -0.4 is 5.73 Å². The van der Waals surface area contributed by atoms with Gasteiger partial charge in [-0.25, -0.2) is 0 Å². The molecule has 1 unspecified atom stereocenters. The minimum atomic E-state index is 0.0788. The average Bonchev–Trinajstić information content (AvgIpc) is 2.96. The summed E-state index contributed by atoms with van der Waals surface area (Å²) in [5.41, 5.74) is 7.49. The summed E-state index contributed by atoms with van der Waals surface area (Å²) in [5.74, 6) is 0. The first-order chi connectivity index (χ1) is 7.50. The molecule has 16 heavy (non-hydrogen) atoms. The maximum absolute atomic E-state index is 6.12. The summed E-state index contributed by atoms with van der Waals surface area (Å²) >= 11 is 5.88. The molecule has 1 aliphatic carbocycles. The summed E-state index contributed by atoms with van der Waals surface area (Å²) in [6.07, 6.45) is 2.31. The van der Waals surface area contributed by atoms with E-state index in [-0.39, 0.29) is 5.54 Å². The van der Waals surface area contributed by atoms with Gasteiger partial charge in [0.05, 0.1) is 0 Å². The Morgan fingerprint density at radius 1 is 1.38 bits per heavy atom. The Morgan fingerprint density at radius 3 is 2.44 bits per heavy atom. The molecule has 2 rings (SSSR count). The van der Waals surface area contributed by atoms with Gasteiger partial charge in [-0.2, -0.15) is 0 Å². The molecule has 0 amide bonds. The molecule has 0 bridgehead atoms. The van der Waals surface area contributed by atoms with Crippen LogP contribution in [0.15, 0.2) is 24.3 Å². The van der Waals surface area contributed by atoms with Crippen LogP contribution in [-0.2, 0) is 0 Å². The van der Waals surface area contributed by atoms with Gasteiger partial charge < -0.3 is 5.73 Å². The average molecular weight is 239 g/mol. The Labute approximate surface area is 102 Å². The molecular formula is C13H19ClN2. The molecule has 1 aromatic rings. The van der Waals surface area contributed by atoms with E-state index in [1.165, 1.54) is 5.56 Å². The van der Waals surface area contributed by atoms with E-state index >= 15 is 0 Å². The van der Waals surface area contributed by atoms with Crippen LogP contribution >= 0.6 is 11.6 Å². The van der Waals surface area contributed by atoms with Crippen LogP contribution in [0.25, 0.3) is 0 Å². The van der Waals surface area contributed by atoms with Crippen molar-refractivity contribution < 1.29 is 0 Å². The van der Waals surface area contributed by atoms with Crippen LogP contribution in [0.2, 0.25) is 5.02 Å². The molecule has 1 fully saturated rings. The minimum Gasteiger partial charge on any atom is -0.324 e. The Morgan fingerprint density at radius 2 is 1.94 bits per heavy atom. The van der Waals surface area contributed by atoms with Crippen molar-refractivity contribution in [3.05, 3.63) is 34.9 Å². The first-order valence-corrected chi connectivity index (χ1v) is 6.13. The molecule has 1 atom stereocenters. The van der Waals surface area contributed by atoms with Crippen LogP contribution in [0.1, 0.15) is 31.4 Å². The van der Waals surface area contributed by atoms with E-state index in [0.717, 1.165) is 24.4 Å². The molecule has 3 heteroatoms. The van der Waals surface area contributed by atoms with Crippen LogP contribution in [-0.4, -0.2) is 24.0 Å². The first-order valence-electron chi connectivity index (χ1n) is 5.75. The number of hydrogen-bond donors (Lipinski definition) is 1. The van der Waals surface area contributed by atoms with Crippen molar-refractivity contribution in [1.29, 1.82) is 0 Å². The molecule has 0 radical (unpaired) electrons. The number of nitrogens with zero attached hydrogens (tertiary/aromatic N) is 1. The van der Waals surface area contributed by atoms with E-state index in [4.69, 9.17) is 17.3 Å². The molecule has 0 spiro atoms. The second-order valence-electron chi connectivity index (χ2n) is 5.01. The Kier molecular flexibility index (Phi) is 3.24. The lowest BCUT2D eigenvalue weighted by Crippen LogP contribution is -2.38. The van der Waals surface area contributed by atoms with Crippen LogP contribution in [0.4, 0.5) is 0 Å². The lowest BCUT2D eigenvalue weighted by atomic mass is 10.1. The van der Waals surface area contributed by atoms with Gasteiger partial charge in [-0.1, -0.05) is 23.7 Å². The van der Waals surface area contributed by atoms with Crippen molar-refractivity contribution >= 4 is 11.6 Å². The highest BCUT2D eigenvalue weighted by Crippen LogP contribution is 2.34. The molecule has 0 heterocycles. The smallest absolute Gasteiger partial charge is 0.0406 e. The number of hydrogen-bond acceptors (Lipinski definition) is 2. The van der Waals surface area contributed by atoms with Crippen molar-refractivity contribution in [3.8, 4) is 0 Å². The third-order valence-electron chi connectivity index (χ3n) is 3.47. The quantitative estimate of drug-likeness (QED) is 0.874. The van der Waals surface area contributed by atoms with Crippen molar-refractivity contribution in [1.82, 2.24) is 4.90 Å². The van der Waals surface area contributed by atoms with Crippen LogP contribution in [0, 0.1) is 0 Å². The maximum Gasteiger partial charge on any atom is 0.0406 e. The molecular weight excluding hydrogens is 220 g/mol. The van der Waals surface area contributed by atoms with Gasteiger partial charge >= 0.3 is 0 Å². The standard InChI is InChI=1S/C13H19ClN2/c1-10(11-3-5-12(14)6-4-11)16(2)9-13(15)7-8-13/h3-6,10H,7-9,15H2,1-2H3. The van der Waals surface area contributed by atoms with E-state index in [0.29, 0.717) is 6.04 Å². The van der Waals surface area contributed by atoms with Crippen molar-refractivity contribution in [3.63, 3.8) is 0 Å².